The lowest BCUT2D eigenvalue weighted by atomic mass is 10.2. The summed E-state index contributed by atoms with van der Waals surface area (Å²) in [6.07, 6.45) is 3.77. The van der Waals surface area contributed by atoms with Crippen LogP contribution in [-0.4, -0.2) is 19.7 Å². The van der Waals surface area contributed by atoms with Crippen molar-refractivity contribution in [3.05, 3.63) is 65.6 Å². The van der Waals surface area contributed by atoms with E-state index in [-0.39, 0.29) is 0 Å². The van der Waals surface area contributed by atoms with Gasteiger partial charge in [0.1, 0.15) is 0 Å². The minimum absolute atomic E-state index is 0.572. The summed E-state index contributed by atoms with van der Waals surface area (Å²) in [6.45, 7) is 2.08. The highest BCUT2D eigenvalue weighted by Gasteiger charge is 2.12. The second-order valence-corrected chi connectivity index (χ2v) is 7.09. The lowest BCUT2D eigenvalue weighted by molar-refractivity contribution is 0.426. The number of thioether (sulfide) groups is 1. The third-order valence-electron chi connectivity index (χ3n) is 3.42. The maximum Gasteiger partial charge on any atom is 0.268 e. The number of benzene rings is 1. The van der Waals surface area contributed by atoms with Crippen LogP contribution in [0.2, 0.25) is 0 Å². The Morgan fingerprint density at radius 3 is 3.04 bits per heavy atom. The Labute approximate surface area is 147 Å². The van der Waals surface area contributed by atoms with E-state index >= 15 is 0 Å². The molecule has 7 heteroatoms. The van der Waals surface area contributed by atoms with Crippen LogP contribution in [0.15, 0.2) is 63.9 Å². The van der Waals surface area contributed by atoms with Gasteiger partial charge in [-0.1, -0.05) is 35.1 Å². The van der Waals surface area contributed by atoms with Crippen molar-refractivity contribution in [2.24, 2.45) is 0 Å². The van der Waals surface area contributed by atoms with Gasteiger partial charge < -0.3 is 4.52 Å². The van der Waals surface area contributed by atoms with E-state index in [1.165, 1.54) is 5.56 Å². The highest BCUT2D eigenvalue weighted by atomic mass is 32.2. The van der Waals surface area contributed by atoms with Crippen molar-refractivity contribution in [2.75, 3.05) is 0 Å². The Hall–Kier alpha value is -2.38. The number of hydrogen-bond donors (Lipinski definition) is 0. The molecule has 0 fully saturated rings. The van der Waals surface area contributed by atoms with Gasteiger partial charge in [-0.05, 0) is 36.1 Å². The molecule has 0 radical (unpaired) electrons. The van der Waals surface area contributed by atoms with Crippen molar-refractivity contribution in [2.45, 2.75) is 17.8 Å². The van der Waals surface area contributed by atoms with Gasteiger partial charge in [0.05, 0.1) is 10.6 Å². The minimum Gasteiger partial charge on any atom is -0.333 e. The Kier molecular flexibility index (Phi) is 4.18. The Morgan fingerprint density at radius 1 is 1.25 bits per heavy atom. The van der Waals surface area contributed by atoms with E-state index in [0.717, 1.165) is 15.7 Å². The number of nitrogens with zero attached hydrogens (tertiary/aromatic N) is 4. The van der Waals surface area contributed by atoms with Crippen LogP contribution in [-0.2, 0) is 5.75 Å². The molecule has 0 spiro atoms. The van der Waals surface area contributed by atoms with Crippen LogP contribution in [0.4, 0.5) is 0 Å². The number of thiophene rings is 1. The van der Waals surface area contributed by atoms with Gasteiger partial charge in [-0.25, -0.2) is 4.98 Å². The van der Waals surface area contributed by atoms with E-state index in [0.29, 0.717) is 17.5 Å². The number of hydrogen-bond acceptors (Lipinski definition) is 6. The predicted octanol–water partition coefficient (Wildman–Crippen LogP) is 4.58. The van der Waals surface area contributed by atoms with Crippen LogP contribution < -0.4 is 0 Å². The first-order valence-electron chi connectivity index (χ1n) is 7.39. The monoisotopic (exact) mass is 354 g/mol. The van der Waals surface area contributed by atoms with Crippen LogP contribution in [0.1, 0.15) is 11.4 Å². The topological polar surface area (TPSA) is 56.7 Å². The maximum atomic E-state index is 5.32. The van der Waals surface area contributed by atoms with E-state index in [2.05, 4.69) is 44.8 Å². The summed E-state index contributed by atoms with van der Waals surface area (Å²) in [5.74, 6) is 1.85. The standard InChI is InChI=1S/C17H14N4OS2/c1-12-4-2-5-13(10-12)21-8-7-18-17(21)24-11-15-19-16(22-20-15)14-6-3-9-23-14/h2-10H,11H2,1H3. The zero-order valence-corrected chi connectivity index (χ0v) is 14.5. The average Bonchev–Trinajstić information content (AvgIpc) is 3.33. The summed E-state index contributed by atoms with van der Waals surface area (Å²) in [5, 5.41) is 6.95. The molecule has 5 nitrogen and oxygen atoms in total. The van der Waals surface area contributed by atoms with Crippen LogP contribution in [0, 0.1) is 6.92 Å². The van der Waals surface area contributed by atoms with E-state index in [1.54, 1.807) is 29.3 Å². The van der Waals surface area contributed by atoms with Crippen LogP contribution in [0.25, 0.3) is 16.5 Å². The third kappa shape index (κ3) is 3.13. The van der Waals surface area contributed by atoms with Crippen molar-refractivity contribution in [3.63, 3.8) is 0 Å². The van der Waals surface area contributed by atoms with Crippen molar-refractivity contribution in [3.8, 4) is 16.5 Å². The van der Waals surface area contributed by atoms with Gasteiger partial charge >= 0.3 is 0 Å². The lowest BCUT2D eigenvalue weighted by Gasteiger charge is -2.07. The quantitative estimate of drug-likeness (QED) is 0.491. The third-order valence-corrected chi connectivity index (χ3v) is 5.24. The van der Waals surface area contributed by atoms with E-state index in [1.807, 2.05) is 29.8 Å². The SMILES string of the molecule is Cc1cccc(-n2ccnc2SCc2noc(-c3cccs3)n2)c1. The summed E-state index contributed by atoms with van der Waals surface area (Å²) >= 11 is 3.18. The molecule has 0 amide bonds. The highest BCUT2D eigenvalue weighted by Crippen LogP contribution is 2.26. The summed E-state index contributed by atoms with van der Waals surface area (Å²) in [6, 6.07) is 12.3. The molecular weight excluding hydrogens is 340 g/mol. The highest BCUT2D eigenvalue weighted by molar-refractivity contribution is 7.98. The van der Waals surface area contributed by atoms with Gasteiger partial charge in [-0.2, -0.15) is 4.98 Å². The first-order chi connectivity index (χ1) is 11.8. The van der Waals surface area contributed by atoms with Gasteiger partial charge in [0, 0.05) is 18.1 Å². The molecule has 0 unspecified atom stereocenters. The minimum atomic E-state index is 0.572. The van der Waals surface area contributed by atoms with Crippen LogP contribution in [0.5, 0.6) is 0 Å². The molecule has 0 aliphatic carbocycles. The predicted molar refractivity (Wildman–Crippen MR) is 95.5 cm³/mol. The normalized spacial score (nSPS) is 11.0. The number of aryl methyl sites for hydroxylation is 1. The first kappa shape index (κ1) is 15.2. The average molecular weight is 354 g/mol. The Balaban J connectivity index is 1.50. The number of rotatable bonds is 5. The van der Waals surface area contributed by atoms with E-state index in [4.69, 9.17) is 4.52 Å². The maximum absolute atomic E-state index is 5.32. The van der Waals surface area contributed by atoms with Gasteiger partial charge in [0.2, 0.25) is 0 Å². The summed E-state index contributed by atoms with van der Waals surface area (Å²) in [4.78, 5) is 9.87. The molecule has 0 aliphatic rings. The molecule has 0 aliphatic heterocycles. The second-order valence-electron chi connectivity index (χ2n) is 5.20. The number of aromatic nitrogens is 4. The fourth-order valence-corrected chi connectivity index (χ4v) is 3.77. The van der Waals surface area contributed by atoms with Gasteiger partial charge in [-0.3, -0.25) is 4.57 Å². The van der Waals surface area contributed by atoms with Crippen LogP contribution in [0.3, 0.4) is 0 Å². The largest absolute Gasteiger partial charge is 0.333 e. The van der Waals surface area contributed by atoms with Gasteiger partial charge in [-0.15, -0.1) is 11.3 Å². The molecule has 0 bridgehead atoms. The van der Waals surface area contributed by atoms with Gasteiger partial charge in [0.25, 0.3) is 5.89 Å². The molecule has 0 saturated carbocycles. The van der Waals surface area contributed by atoms with E-state index in [9.17, 15) is 0 Å². The van der Waals surface area contributed by atoms with Crippen molar-refractivity contribution in [1.82, 2.24) is 19.7 Å². The fraction of sp³-hybridized carbons (Fsp3) is 0.118. The molecule has 3 aromatic heterocycles. The molecule has 0 atom stereocenters. The van der Waals surface area contributed by atoms with E-state index < -0.39 is 0 Å². The molecule has 24 heavy (non-hydrogen) atoms. The molecule has 120 valence electrons. The second kappa shape index (κ2) is 6.62. The van der Waals surface area contributed by atoms with Crippen molar-refractivity contribution >= 4 is 23.1 Å². The zero-order valence-electron chi connectivity index (χ0n) is 12.9. The Bertz CT molecular complexity index is 943. The summed E-state index contributed by atoms with van der Waals surface area (Å²) in [7, 11) is 0. The lowest BCUT2D eigenvalue weighted by Crippen LogP contribution is -1.96. The summed E-state index contributed by atoms with van der Waals surface area (Å²) < 4.78 is 7.39. The molecule has 0 saturated heterocycles. The van der Waals surface area contributed by atoms with Crippen molar-refractivity contribution in [1.29, 1.82) is 0 Å². The van der Waals surface area contributed by atoms with Crippen LogP contribution >= 0.6 is 23.1 Å². The number of imidazole rings is 1. The smallest absolute Gasteiger partial charge is 0.268 e. The first-order valence-corrected chi connectivity index (χ1v) is 9.26. The van der Waals surface area contributed by atoms with Gasteiger partial charge in [0.15, 0.2) is 11.0 Å². The molecule has 4 rings (SSSR count). The zero-order chi connectivity index (χ0) is 16.4. The summed E-state index contributed by atoms with van der Waals surface area (Å²) in [5.41, 5.74) is 2.32. The van der Waals surface area contributed by atoms with Crippen molar-refractivity contribution < 1.29 is 4.52 Å². The molecule has 0 N–H and O–H groups in total. The Morgan fingerprint density at radius 2 is 2.21 bits per heavy atom. The fourth-order valence-electron chi connectivity index (χ4n) is 2.31. The molecule has 4 aromatic rings. The molecular formula is C17H14N4OS2. The molecule has 1 aromatic carbocycles. The molecule has 3 heterocycles.